The Morgan fingerprint density at radius 2 is 1.84 bits per heavy atom. The molecule has 1 saturated heterocycles. The van der Waals surface area contributed by atoms with Gasteiger partial charge < -0.3 is 10.1 Å². The second-order valence-electron chi connectivity index (χ2n) is 7.33. The number of benzene rings is 2. The van der Waals surface area contributed by atoms with Crippen LogP contribution in [0.5, 0.6) is 0 Å². The van der Waals surface area contributed by atoms with E-state index in [9.17, 15) is 19.2 Å². The van der Waals surface area contributed by atoms with Gasteiger partial charge in [-0.3, -0.25) is 29.6 Å². The Hall–Kier alpha value is -3.20. The largest absolute Gasteiger partial charge is 0.455 e. The third-order valence-electron chi connectivity index (χ3n) is 4.80. The van der Waals surface area contributed by atoms with Crippen LogP contribution in [0.1, 0.15) is 27.9 Å². The molecular weight excluding hydrogens is 466 g/mol. The molecule has 0 saturated carbocycles. The molecule has 0 aromatic heterocycles. The molecule has 0 spiro atoms. The van der Waals surface area contributed by atoms with E-state index in [2.05, 4.69) is 26.7 Å². The molecule has 9 heteroatoms. The molecule has 1 fully saturated rings. The topological polar surface area (TPSA) is 105 Å². The van der Waals surface area contributed by atoms with Crippen LogP contribution < -0.4 is 10.7 Å². The van der Waals surface area contributed by atoms with Gasteiger partial charge in [0, 0.05) is 22.1 Å². The van der Waals surface area contributed by atoms with Crippen LogP contribution in [0.2, 0.25) is 0 Å². The number of aryl methyl sites for hydroxylation is 2. The van der Waals surface area contributed by atoms with Gasteiger partial charge >= 0.3 is 5.97 Å². The Morgan fingerprint density at radius 1 is 1.13 bits per heavy atom. The van der Waals surface area contributed by atoms with Gasteiger partial charge in [0.1, 0.15) is 0 Å². The van der Waals surface area contributed by atoms with E-state index in [-0.39, 0.29) is 13.0 Å². The lowest BCUT2D eigenvalue weighted by atomic mass is 10.1. The quantitative estimate of drug-likeness (QED) is 0.609. The minimum absolute atomic E-state index is 0.0153. The lowest BCUT2D eigenvalue weighted by Gasteiger charge is -2.17. The Kier molecular flexibility index (Phi) is 7.06. The fraction of sp³-hybridized carbons (Fsp3) is 0.273. The third kappa shape index (κ3) is 5.91. The van der Waals surface area contributed by atoms with E-state index in [0.29, 0.717) is 11.3 Å². The number of rotatable bonds is 6. The summed E-state index contributed by atoms with van der Waals surface area (Å²) in [5.74, 6) is -2.74. The Balaban J connectivity index is 1.48. The molecule has 1 atom stereocenters. The number of amides is 3. The molecule has 1 aliphatic rings. The van der Waals surface area contributed by atoms with Crippen molar-refractivity contribution in [2.24, 2.45) is 5.92 Å². The third-order valence-corrected chi connectivity index (χ3v) is 5.33. The van der Waals surface area contributed by atoms with E-state index in [4.69, 9.17) is 4.74 Å². The second kappa shape index (κ2) is 9.74. The maximum absolute atomic E-state index is 12.3. The number of anilines is 1. The van der Waals surface area contributed by atoms with Crippen LogP contribution in [-0.4, -0.2) is 41.9 Å². The first-order valence-electron chi connectivity index (χ1n) is 9.63. The SMILES string of the molecule is Cc1ccc(NC(=O)COC(=O)[C@@H]2CC(=O)N(NC(=O)c3ccc(Br)cc3)C2)c(C)c1. The number of halogens is 1. The first kappa shape index (κ1) is 22.5. The molecule has 2 N–H and O–H groups in total. The number of nitrogens with zero attached hydrogens (tertiary/aromatic N) is 1. The van der Waals surface area contributed by atoms with E-state index >= 15 is 0 Å². The van der Waals surface area contributed by atoms with Crippen LogP contribution in [0.15, 0.2) is 46.9 Å². The van der Waals surface area contributed by atoms with Crippen molar-refractivity contribution in [3.05, 3.63) is 63.6 Å². The normalized spacial score (nSPS) is 15.5. The molecule has 0 bridgehead atoms. The van der Waals surface area contributed by atoms with Gasteiger partial charge in [0.25, 0.3) is 11.8 Å². The van der Waals surface area contributed by atoms with Crippen molar-refractivity contribution >= 4 is 45.3 Å². The summed E-state index contributed by atoms with van der Waals surface area (Å²) >= 11 is 3.29. The molecule has 1 heterocycles. The van der Waals surface area contributed by atoms with Crippen LogP contribution in [0.3, 0.4) is 0 Å². The smallest absolute Gasteiger partial charge is 0.311 e. The maximum Gasteiger partial charge on any atom is 0.311 e. The van der Waals surface area contributed by atoms with E-state index < -0.39 is 36.2 Å². The zero-order chi connectivity index (χ0) is 22.5. The highest BCUT2D eigenvalue weighted by atomic mass is 79.9. The summed E-state index contributed by atoms with van der Waals surface area (Å²) in [5, 5.41) is 3.80. The monoisotopic (exact) mass is 487 g/mol. The summed E-state index contributed by atoms with van der Waals surface area (Å²) in [6.07, 6.45) is -0.0991. The number of hydrazine groups is 1. The number of carbonyl (C=O) groups is 4. The summed E-state index contributed by atoms with van der Waals surface area (Å²) < 4.78 is 5.90. The molecule has 0 aliphatic carbocycles. The van der Waals surface area contributed by atoms with Gasteiger partial charge in [0.2, 0.25) is 5.91 Å². The van der Waals surface area contributed by atoms with Gasteiger partial charge in [-0.15, -0.1) is 0 Å². The van der Waals surface area contributed by atoms with Gasteiger partial charge in [-0.25, -0.2) is 0 Å². The maximum atomic E-state index is 12.3. The minimum Gasteiger partial charge on any atom is -0.455 e. The highest BCUT2D eigenvalue weighted by molar-refractivity contribution is 9.10. The van der Waals surface area contributed by atoms with Gasteiger partial charge in [-0.2, -0.15) is 0 Å². The predicted octanol–water partition coefficient (Wildman–Crippen LogP) is 2.74. The number of carbonyl (C=O) groups excluding carboxylic acids is 4. The van der Waals surface area contributed by atoms with Gasteiger partial charge in [-0.05, 0) is 49.7 Å². The Bertz CT molecular complexity index is 1020. The Morgan fingerprint density at radius 3 is 2.52 bits per heavy atom. The number of ether oxygens (including phenoxy) is 1. The van der Waals surface area contributed by atoms with Crippen LogP contribution in [-0.2, 0) is 19.1 Å². The zero-order valence-electron chi connectivity index (χ0n) is 17.1. The van der Waals surface area contributed by atoms with Crippen molar-refractivity contribution in [2.75, 3.05) is 18.5 Å². The summed E-state index contributed by atoms with van der Waals surface area (Å²) in [4.78, 5) is 48.8. The predicted molar refractivity (Wildman–Crippen MR) is 117 cm³/mol. The van der Waals surface area contributed by atoms with E-state index in [1.165, 1.54) is 0 Å². The molecule has 2 aromatic rings. The molecular formula is C22H22BrN3O5. The molecule has 0 unspecified atom stereocenters. The molecule has 3 amide bonds. The van der Waals surface area contributed by atoms with Crippen molar-refractivity contribution in [2.45, 2.75) is 20.3 Å². The van der Waals surface area contributed by atoms with Crippen LogP contribution >= 0.6 is 15.9 Å². The molecule has 1 aliphatic heterocycles. The van der Waals surface area contributed by atoms with Crippen LogP contribution in [0.25, 0.3) is 0 Å². The zero-order valence-corrected chi connectivity index (χ0v) is 18.7. The van der Waals surface area contributed by atoms with Crippen molar-refractivity contribution < 1.29 is 23.9 Å². The highest BCUT2D eigenvalue weighted by Crippen LogP contribution is 2.19. The average molecular weight is 488 g/mol. The van der Waals surface area contributed by atoms with Crippen molar-refractivity contribution in [1.82, 2.24) is 10.4 Å². The molecule has 8 nitrogen and oxygen atoms in total. The summed E-state index contributed by atoms with van der Waals surface area (Å²) in [7, 11) is 0. The summed E-state index contributed by atoms with van der Waals surface area (Å²) in [6, 6.07) is 12.2. The molecule has 3 rings (SSSR count). The fourth-order valence-corrected chi connectivity index (χ4v) is 3.42. The van der Waals surface area contributed by atoms with E-state index in [1.807, 2.05) is 26.0 Å². The fourth-order valence-electron chi connectivity index (χ4n) is 3.16. The number of esters is 1. The number of nitrogens with one attached hydrogen (secondary N) is 2. The molecule has 2 aromatic carbocycles. The van der Waals surface area contributed by atoms with E-state index in [1.54, 1.807) is 30.3 Å². The lowest BCUT2D eigenvalue weighted by Crippen LogP contribution is -2.43. The molecule has 0 radical (unpaired) electrons. The first-order valence-corrected chi connectivity index (χ1v) is 10.4. The average Bonchev–Trinajstić information content (AvgIpc) is 3.09. The summed E-state index contributed by atoms with van der Waals surface area (Å²) in [5.41, 5.74) is 5.50. The van der Waals surface area contributed by atoms with Crippen molar-refractivity contribution in [1.29, 1.82) is 0 Å². The van der Waals surface area contributed by atoms with Gasteiger partial charge in [-0.1, -0.05) is 33.6 Å². The number of hydrogen-bond donors (Lipinski definition) is 2. The number of hydrogen-bond acceptors (Lipinski definition) is 5. The standard InChI is InChI=1S/C22H22BrN3O5/c1-13-3-8-18(14(2)9-13)24-19(27)12-31-22(30)16-10-20(28)26(11-16)25-21(29)15-4-6-17(23)7-5-15/h3-9,16H,10-12H2,1-2H3,(H,24,27)(H,25,29)/t16-/m1/s1. The molecule has 31 heavy (non-hydrogen) atoms. The van der Waals surface area contributed by atoms with Gasteiger partial charge in [0.05, 0.1) is 12.5 Å². The lowest BCUT2D eigenvalue weighted by molar-refractivity contribution is -0.151. The Labute approximate surface area is 188 Å². The second-order valence-corrected chi connectivity index (χ2v) is 8.24. The summed E-state index contributed by atoms with van der Waals surface area (Å²) in [6.45, 7) is 3.35. The van der Waals surface area contributed by atoms with Crippen molar-refractivity contribution in [3.63, 3.8) is 0 Å². The van der Waals surface area contributed by atoms with Crippen molar-refractivity contribution in [3.8, 4) is 0 Å². The van der Waals surface area contributed by atoms with Crippen LogP contribution in [0.4, 0.5) is 5.69 Å². The first-order chi connectivity index (χ1) is 14.7. The highest BCUT2D eigenvalue weighted by Gasteiger charge is 2.36. The van der Waals surface area contributed by atoms with E-state index in [0.717, 1.165) is 20.6 Å². The van der Waals surface area contributed by atoms with Crippen LogP contribution in [0, 0.1) is 19.8 Å². The molecule has 162 valence electrons. The minimum atomic E-state index is -0.758. The van der Waals surface area contributed by atoms with Gasteiger partial charge in [0.15, 0.2) is 6.61 Å².